The van der Waals surface area contributed by atoms with Crippen LogP contribution in [0.5, 0.6) is 0 Å². The molecule has 0 atom stereocenters. The summed E-state index contributed by atoms with van der Waals surface area (Å²) in [6, 6.07) is 32.7. The standard InChI is InChI=1S/C38H36N4O2/c1-37(2,3)31-21-17-29(18-22-31)35-41-39-33(43-35)27-13-9-25(10-14-27)7-8-26-11-15-28(16-12-26)34-40-42-36(44-34)30-19-23-32(24-20-30)38(4,5)6/h7-24H,1-6H3. The van der Waals surface area contributed by atoms with Gasteiger partial charge in [0, 0.05) is 22.3 Å². The van der Waals surface area contributed by atoms with Gasteiger partial charge in [0.05, 0.1) is 0 Å². The molecule has 0 amide bonds. The Labute approximate surface area is 258 Å². The van der Waals surface area contributed by atoms with Crippen LogP contribution in [0.2, 0.25) is 0 Å². The van der Waals surface area contributed by atoms with Gasteiger partial charge in [-0.1, -0.05) is 102 Å². The second-order valence-electron chi connectivity index (χ2n) is 13.1. The van der Waals surface area contributed by atoms with Gasteiger partial charge in [-0.05, 0) is 81.6 Å². The van der Waals surface area contributed by atoms with Gasteiger partial charge in [0.15, 0.2) is 0 Å². The van der Waals surface area contributed by atoms with Gasteiger partial charge in [-0.3, -0.25) is 0 Å². The van der Waals surface area contributed by atoms with E-state index in [0.29, 0.717) is 23.6 Å². The second kappa shape index (κ2) is 11.5. The molecule has 0 aliphatic carbocycles. The normalized spacial score (nSPS) is 12.2. The van der Waals surface area contributed by atoms with E-state index in [2.05, 4.69) is 98.4 Å². The Morgan fingerprint density at radius 2 is 0.636 bits per heavy atom. The minimum absolute atomic E-state index is 0.0952. The van der Waals surface area contributed by atoms with Gasteiger partial charge in [-0.15, -0.1) is 20.4 Å². The molecule has 6 aromatic rings. The Morgan fingerprint density at radius 1 is 0.386 bits per heavy atom. The maximum absolute atomic E-state index is 5.98. The minimum atomic E-state index is 0.0952. The molecule has 0 saturated heterocycles. The molecule has 0 aliphatic heterocycles. The van der Waals surface area contributed by atoms with E-state index < -0.39 is 0 Å². The van der Waals surface area contributed by atoms with Crippen molar-refractivity contribution in [3.8, 4) is 45.8 Å². The lowest BCUT2D eigenvalue weighted by molar-refractivity contribution is 0.582. The molecule has 0 saturated carbocycles. The van der Waals surface area contributed by atoms with E-state index in [9.17, 15) is 0 Å². The molecule has 220 valence electrons. The van der Waals surface area contributed by atoms with Crippen LogP contribution in [0.1, 0.15) is 63.8 Å². The number of hydrogen-bond acceptors (Lipinski definition) is 6. The van der Waals surface area contributed by atoms with Gasteiger partial charge in [-0.25, -0.2) is 0 Å². The molecular formula is C38H36N4O2. The number of aromatic nitrogens is 4. The lowest BCUT2D eigenvalue weighted by Crippen LogP contribution is -2.10. The molecule has 44 heavy (non-hydrogen) atoms. The minimum Gasteiger partial charge on any atom is -0.416 e. The van der Waals surface area contributed by atoms with Crippen LogP contribution in [0.15, 0.2) is 106 Å². The largest absolute Gasteiger partial charge is 0.416 e. The average Bonchev–Trinajstić information content (AvgIpc) is 3.71. The van der Waals surface area contributed by atoms with E-state index >= 15 is 0 Å². The molecule has 0 radical (unpaired) electrons. The number of benzene rings is 4. The summed E-state index contributed by atoms with van der Waals surface area (Å²) in [5.41, 5.74) is 8.42. The third kappa shape index (κ3) is 6.45. The smallest absolute Gasteiger partial charge is 0.248 e. The SMILES string of the molecule is CC(C)(C)c1ccc(-c2nnc(-c3ccc(C=Cc4ccc(-c5nnc(-c6ccc(C(C)(C)C)cc6)o5)cc4)cc3)o2)cc1. The number of rotatable bonds is 6. The Morgan fingerprint density at radius 3 is 0.886 bits per heavy atom. The highest BCUT2D eigenvalue weighted by atomic mass is 16.4. The summed E-state index contributed by atoms with van der Waals surface area (Å²) < 4.78 is 12.0. The van der Waals surface area contributed by atoms with Gasteiger partial charge in [0.2, 0.25) is 23.6 Å². The van der Waals surface area contributed by atoms with Crippen molar-refractivity contribution >= 4 is 12.2 Å². The van der Waals surface area contributed by atoms with Crippen LogP contribution in [0, 0.1) is 0 Å². The first-order chi connectivity index (χ1) is 21.0. The zero-order chi connectivity index (χ0) is 30.9. The van der Waals surface area contributed by atoms with Gasteiger partial charge in [0.25, 0.3) is 0 Å². The highest BCUT2D eigenvalue weighted by molar-refractivity contribution is 5.72. The van der Waals surface area contributed by atoms with Crippen molar-refractivity contribution in [3.63, 3.8) is 0 Å². The highest BCUT2D eigenvalue weighted by Crippen LogP contribution is 2.29. The van der Waals surface area contributed by atoms with E-state index in [1.165, 1.54) is 11.1 Å². The second-order valence-corrected chi connectivity index (χ2v) is 13.1. The highest BCUT2D eigenvalue weighted by Gasteiger charge is 2.17. The molecule has 0 spiro atoms. The van der Waals surface area contributed by atoms with Crippen molar-refractivity contribution in [2.75, 3.05) is 0 Å². The van der Waals surface area contributed by atoms with Crippen molar-refractivity contribution < 1.29 is 8.83 Å². The fourth-order valence-electron chi connectivity index (χ4n) is 4.80. The first-order valence-electron chi connectivity index (χ1n) is 14.8. The number of hydrogen-bond donors (Lipinski definition) is 0. The molecule has 6 heteroatoms. The molecule has 4 aromatic carbocycles. The summed E-state index contributed by atoms with van der Waals surface area (Å²) in [6.07, 6.45) is 4.14. The van der Waals surface area contributed by atoms with Crippen molar-refractivity contribution in [2.24, 2.45) is 0 Å². The molecule has 0 fully saturated rings. The van der Waals surface area contributed by atoms with Crippen LogP contribution in [-0.2, 0) is 10.8 Å². The topological polar surface area (TPSA) is 77.8 Å². The average molecular weight is 581 g/mol. The molecule has 0 bridgehead atoms. The van der Waals surface area contributed by atoms with E-state index in [1.54, 1.807) is 0 Å². The lowest BCUT2D eigenvalue weighted by Gasteiger charge is -2.18. The van der Waals surface area contributed by atoms with E-state index in [-0.39, 0.29) is 10.8 Å². The zero-order valence-corrected chi connectivity index (χ0v) is 26.0. The molecule has 0 N–H and O–H groups in total. The maximum Gasteiger partial charge on any atom is 0.248 e. The summed E-state index contributed by atoms with van der Waals surface area (Å²) in [5, 5.41) is 17.1. The Balaban J connectivity index is 1.09. The molecule has 6 nitrogen and oxygen atoms in total. The van der Waals surface area contributed by atoms with Crippen LogP contribution in [0.4, 0.5) is 0 Å². The summed E-state index contributed by atoms with van der Waals surface area (Å²) in [7, 11) is 0. The Hall–Kier alpha value is -5.10. The number of nitrogens with zero attached hydrogens (tertiary/aromatic N) is 4. The third-order valence-corrected chi connectivity index (χ3v) is 7.63. The Bertz CT molecular complexity index is 1740. The van der Waals surface area contributed by atoms with Crippen LogP contribution >= 0.6 is 0 Å². The van der Waals surface area contributed by atoms with Crippen LogP contribution < -0.4 is 0 Å². The van der Waals surface area contributed by atoms with Crippen molar-refractivity contribution in [2.45, 2.75) is 52.4 Å². The molecule has 6 rings (SSSR count). The van der Waals surface area contributed by atoms with Crippen molar-refractivity contribution in [1.82, 2.24) is 20.4 Å². The summed E-state index contributed by atoms with van der Waals surface area (Å²) in [5.74, 6) is 2.02. The molecule has 2 heterocycles. The third-order valence-electron chi connectivity index (χ3n) is 7.63. The van der Waals surface area contributed by atoms with E-state index in [1.807, 2.05) is 72.8 Å². The molecule has 0 unspecified atom stereocenters. The molecule has 2 aromatic heterocycles. The van der Waals surface area contributed by atoms with Crippen molar-refractivity contribution in [1.29, 1.82) is 0 Å². The van der Waals surface area contributed by atoms with Gasteiger partial charge < -0.3 is 8.83 Å². The van der Waals surface area contributed by atoms with Crippen molar-refractivity contribution in [3.05, 3.63) is 119 Å². The monoisotopic (exact) mass is 580 g/mol. The zero-order valence-electron chi connectivity index (χ0n) is 26.0. The summed E-state index contributed by atoms with van der Waals surface area (Å²) in [4.78, 5) is 0. The van der Waals surface area contributed by atoms with E-state index in [4.69, 9.17) is 8.83 Å². The quantitative estimate of drug-likeness (QED) is 0.182. The van der Waals surface area contributed by atoms with Crippen LogP contribution in [-0.4, -0.2) is 20.4 Å². The van der Waals surface area contributed by atoms with Crippen LogP contribution in [0.3, 0.4) is 0 Å². The fraction of sp³-hybridized carbons (Fsp3) is 0.211. The molecular weight excluding hydrogens is 544 g/mol. The molecule has 0 aliphatic rings. The Kier molecular flexibility index (Phi) is 7.60. The summed E-state index contributed by atoms with van der Waals surface area (Å²) >= 11 is 0. The first-order valence-corrected chi connectivity index (χ1v) is 14.8. The van der Waals surface area contributed by atoms with Gasteiger partial charge in [0.1, 0.15) is 0 Å². The fourth-order valence-corrected chi connectivity index (χ4v) is 4.80. The lowest BCUT2D eigenvalue weighted by atomic mass is 9.87. The van der Waals surface area contributed by atoms with Crippen LogP contribution in [0.25, 0.3) is 58.0 Å². The van der Waals surface area contributed by atoms with Gasteiger partial charge >= 0.3 is 0 Å². The van der Waals surface area contributed by atoms with E-state index in [0.717, 1.165) is 33.4 Å². The maximum atomic E-state index is 5.98. The first kappa shape index (κ1) is 29.0. The predicted molar refractivity (Wildman–Crippen MR) is 177 cm³/mol. The summed E-state index contributed by atoms with van der Waals surface area (Å²) in [6.45, 7) is 13.2. The van der Waals surface area contributed by atoms with Gasteiger partial charge in [-0.2, -0.15) is 0 Å². The predicted octanol–water partition coefficient (Wildman–Crippen LogP) is 9.89.